The van der Waals surface area contributed by atoms with Crippen molar-refractivity contribution < 1.29 is 9.18 Å². The van der Waals surface area contributed by atoms with Crippen LogP contribution in [0, 0.1) is 5.82 Å². The summed E-state index contributed by atoms with van der Waals surface area (Å²) in [6, 6.07) is 23.7. The third-order valence-corrected chi connectivity index (χ3v) is 4.62. The standard InChI is InChI=1S/C23H20FN3O/c1-26(15-17-8-3-2-4-9-17)16-27-21-13-6-5-12-20(21)22(23(27)28)25-19-11-7-10-18(24)14-19/h2-14H,15-16H2,1H3. The van der Waals surface area contributed by atoms with E-state index in [2.05, 4.69) is 22.0 Å². The molecule has 0 fully saturated rings. The Labute approximate surface area is 163 Å². The molecule has 0 unspecified atom stereocenters. The Morgan fingerprint density at radius 1 is 0.964 bits per heavy atom. The molecule has 5 heteroatoms. The highest BCUT2D eigenvalue weighted by Gasteiger charge is 2.34. The largest absolute Gasteiger partial charge is 0.293 e. The van der Waals surface area contributed by atoms with Crippen molar-refractivity contribution in [2.45, 2.75) is 6.54 Å². The van der Waals surface area contributed by atoms with Crippen molar-refractivity contribution in [3.8, 4) is 0 Å². The maximum atomic E-state index is 13.5. The van der Waals surface area contributed by atoms with E-state index in [9.17, 15) is 9.18 Å². The van der Waals surface area contributed by atoms with Crippen LogP contribution < -0.4 is 4.90 Å². The van der Waals surface area contributed by atoms with Gasteiger partial charge in [-0.15, -0.1) is 0 Å². The van der Waals surface area contributed by atoms with Gasteiger partial charge >= 0.3 is 0 Å². The minimum absolute atomic E-state index is 0.176. The first-order valence-electron chi connectivity index (χ1n) is 9.10. The molecule has 0 aromatic heterocycles. The van der Waals surface area contributed by atoms with Gasteiger partial charge in [0, 0.05) is 12.1 Å². The van der Waals surface area contributed by atoms with E-state index in [0.717, 1.165) is 17.8 Å². The van der Waals surface area contributed by atoms with Crippen LogP contribution >= 0.6 is 0 Å². The highest BCUT2D eigenvalue weighted by atomic mass is 19.1. The summed E-state index contributed by atoms with van der Waals surface area (Å²) < 4.78 is 13.5. The topological polar surface area (TPSA) is 35.9 Å². The normalized spacial score (nSPS) is 14.8. The first kappa shape index (κ1) is 18.1. The second kappa shape index (κ2) is 7.74. The fraction of sp³-hybridized carbons (Fsp3) is 0.130. The maximum absolute atomic E-state index is 13.5. The van der Waals surface area contributed by atoms with E-state index in [4.69, 9.17) is 0 Å². The van der Waals surface area contributed by atoms with Gasteiger partial charge in [0.25, 0.3) is 5.91 Å². The number of carbonyl (C=O) groups excluding carboxylic acids is 1. The number of amides is 1. The van der Waals surface area contributed by atoms with Crippen molar-refractivity contribution in [1.29, 1.82) is 0 Å². The lowest BCUT2D eigenvalue weighted by Gasteiger charge is -2.24. The Bertz CT molecular complexity index is 1030. The van der Waals surface area contributed by atoms with E-state index in [-0.39, 0.29) is 11.7 Å². The van der Waals surface area contributed by atoms with E-state index in [1.54, 1.807) is 17.0 Å². The van der Waals surface area contributed by atoms with E-state index in [0.29, 0.717) is 18.1 Å². The van der Waals surface area contributed by atoms with Crippen LogP contribution in [0.1, 0.15) is 11.1 Å². The summed E-state index contributed by atoms with van der Waals surface area (Å²) in [5.41, 5.74) is 3.54. The number of para-hydroxylation sites is 1. The van der Waals surface area contributed by atoms with Gasteiger partial charge in [-0.2, -0.15) is 0 Å². The highest BCUT2D eigenvalue weighted by molar-refractivity contribution is 6.54. The molecule has 3 aromatic rings. The van der Waals surface area contributed by atoms with Crippen molar-refractivity contribution in [2.75, 3.05) is 18.6 Å². The molecule has 1 amide bonds. The minimum Gasteiger partial charge on any atom is -0.293 e. The number of carbonyl (C=O) groups is 1. The molecule has 140 valence electrons. The number of anilines is 1. The first-order chi connectivity index (χ1) is 13.6. The quantitative estimate of drug-likeness (QED) is 0.665. The lowest BCUT2D eigenvalue weighted by molar-refractivity contribution is -0.112. The Morgan fingerprint density at radius 2 is 1.71 bits per heavy atom. The first-order valence-corrected chi connectivity index (χ1v) is 9.10. The van der Waals surface area contributed by atoms with E-state index < -0.39 is 0 Å². The molecular formula is C23H20FN3O. The van der Waals surface area contributed by atoms with Gasteiger partial charge in [-0.05, 0) is 36.9 Å². The molecule has 1 aliphatic rings. The van der Waals surface area contributed by atoms with Crippen molar-refractivity contribution >= 4 is 23.0 Å². The second-order valence-corrected chi connectivity index (χ2v) is 6.83. The second-order valence-electron chi connectivity index (χ2n) is 6.83. The van der Waals surface area contributed by atoms with Gasteiger partial charge in [0.1, 0.15) is 11.5 Å². The van der Waals surface area contributed by atoms with Crippen LogP contribution in [0.25, 0.3) is 0 Å². The van der Waals surface area contributed by atoms with Gasteiger partial charge in [-0.3, -0.25) is 14.6 Å². The molecular weight excluding hydrogens is 353 g/mol. The molecule has 4 nitrogen and oxygen atoms in total. The molecule has 28 heavy (non-hydrogen) atoms. The Hall–Kier alpha value is -3.31. The van der Waals surface area contributed by atoms with Gasteiger partial charge in [-0.1, -0.05) is 54.6 Å². The summed E-state index contributed by atoms with van der Waals surface area (Å²) in [4.78, 5) is 21.4. The van der Waals surface area contributed by atoms with Crippen molar-refractivity contribution in [1.82, 2.24) is 4.90 Å². The van der Waals surface area contributed by atoms with E-state index >= 15 is 0 Å². The summed E-state index contributed by atoms with van der Waals surface area (Å²) in [6.07, 6.45) is 0. The average molecular weight is 373 g/mol. The molecule has 1 heterocycles. The summed E-state index contributed by atoms with van der Waals surface area (Å²) in [7, 11) is 1.98. The third-order valence-electron chi connectivity index (χ3n) is 4.62. The van der Waals surface area contributed by atoms with Gasteiger partial charge in [-0.25, -0.2) is 9.38 Å². The van der Waals surface area contributed by atoms with E-state index in [1.807, 2.05) is 49.5 Å². The Morgan fingerprint density at radius 3 is 2.50 bits per heavy atom. The summed E-state index contributed by atoms with van der Waals surface area (Å²) in [6.45, 7) is 1.16. The molecule has 0 radical (unpaired) electrons. The van der Waals surface area contributed by atoms with Gasteiger partial charge < -0.3 is 0 Å². The molecule has 3 aromatic carbocycles. The van der Waals surface area contributed by atoms with Gasteiger partial charge in [0.15, 0.2) is 0 Å². The summed E-state index contributed by atoms with van der Waals surface area (Å²) in [5.74, 6) is -0.551. The molecule has 0 spiro atoms. The van der Waals surface area contributed by atoms with Gasteiger partial charge in [0.2, 0.25) is 0 Å². The van der Waals surface area contributed by atoms with Crippen molar-refractivity contribution in [3.05, 3.63) is 95.8 Å². The number of halogens is 1. The predicted molar refractivity (Wildman–Crippen MR) is 109 cm³/mol. The predicted octanol–water partition coefficient (Wildman–Crippen LogP) is 4.38. The molecule has 0 bridgehead atoms. The fourth-order valence-electron chi connectivity index (χ4n) is 3.37. The maximum Gasteiger partial charge on any atom is 0.278 e. The molecule has 0 aliphatic carbocycles. The van der Waals surface area contributed by atoms with Crippen LogP contribution in [0.4, 0.5) is 15.8 Å². The SMILES string of the molecule is CN(Cc1ccccc1)CN1C(=O)C(=Nc2cccc(F)c2)c2ccccc21. The van der Waals surface area contributed by atoms with Gasteiger partial charge in [0.05, 0.1) is 18.0 Å². The molecule has 0 saturated carbocycles. The molecule has 0 atom stereocenters. The number of aliphatic imine (C=N–C) groups is 1. The Balaban J connectivity index is 1.61. The number of benzene rings is 3. The van der Waals surface area contributed by atoms with Crippen LogP contribution in [0.3, 0.4) is 0 Å². The van der Waals surface area contributed by atoms with Crippen LogP contribution in [0.15, 0.2) is 83.9 Å². The lowest BCUT2D eigenvalue weighted by atomic mass is 10.1. The average Bonchev–Trinajstić information content (AvgIpc) is 2.95. The summed E-state index contributed by atoms with van der Waals surface area (Å²) >= 11 is 0. The Kier molecular flexibility index (Phi) is 5.00. The smallest absolute Gasteiger partial charge is 0.278 e. The van der Waals surface area contributed by atoms with Crippen LogP contribution in [0.2, 0.25) is 0 Å². The number of hydrogen-bond acceptors (Lipinski definition) is 3. The van der Waals surface area contributed by atoms with Crippen molar-refractivity contribution in [2.24, 2.45) is 4.99 Å². The van der Waals surface area contributed by atoms with Crippen LogP contribution in [-0.4, -0.2) is 30.2 Å². The highest BCUT2D eigenvalue weighted by Crippen LogP contribution is 2.31. The number of hydrogen-bond donors (Lipinski definition) is 0. The van der Waals surface area contributed by atoms with Crippen LogP contribution in [0.5, 0.6) is 0 Å². The molecule has 1 aliphatic heterocycles. The number of rotatable bonds is 5. The van der Waals surface area contributed by atoms with Crippen LogP contribution in [-0.2, 0) is 11.3 Å². The monoisotopic (exact) mass is 373 g/mol. The molecule has 4 rings (SSSR count). The number of nitrogens with zero attached hydrogens (tertiary/aromatic N) is 3. The zero-order valence-electron chi connectivity index (χ0n) is 15.5. The van der Waals surface area contributed by atoms with Crippen molar-refractivity contribution in [3.63, 3.8) is 0 Å². The third kappa shape index (κ3) is 3.70. The molecule has 0 saturated heterocycles. The zero-order valence-corrected chi connectivity index (χ0v) is 15.5. The number of fused-ring (bicyclic) bond motifs is 1. The lowest BCUT2D eigenvalue weighted by Crippen LogP contribution is -2.39. The fourth-order valence-corrected chi connectivity index (χ4v) is 3.37. The zero-order chi connectivity index (χ0) is 19.5. The van der Waals surface area contributed by atoms with E-state index in [1.165, 1.54) is 17.7 Å². The summed E-state index contributed by atoms with van der Waals surface area (Å²) in [5, 5.41) is 0. The molecule has 0 N–H and O–H groups in total. The minimum atomic E-state index is -0.375.